The van der Waals surface area contributed by atoms with Crippen LogP contribution in [0.1, 0.15) is 33.3 Å². The van der Waals surface area contributed by atoms with Crippen molar-refractivity contribution in [2.24, 2.45) is 0 Å². The molecule has 0 radical (unpaired) electrons. The third-order valence-corrected chi connectivity index (χ3v) is 2.70. The SMILES string of the molecule is COc1ccc(F)cc1C(C)(O)CNC(C)(C)C. The van der Waals surface area contributed by atoms with Gasteiger partial charge in [0.1, 0.15) is 17.2 Å². The van der Waals surface area contributed by atoms with Crippen LogP contribution in [-0.4, -0.2) is 24.3 Å². The van der Waals surface area contributed by atoms with Gasteiger partial charge < -0.3 is 15.2 Å². The third-order valence-electron chi connectivity index (χ3n) is 2.70. The molecule has 0 aromatic heterocycles. The quantitative estimate of drug-likeness (QED) is 0.868. The van der Waals surface area contributed by atoms with Gasteiger partial charge in [0.15, 0.2) is 0 Å². The minimum absolute atomic E-state index is 0.120. The Morgan fingerprint density at radius 1 is 1.28 bits per heavy atom. The molecule has 0 aliphatic rings. The lowest BCUT2D eigenvalue weighted by Gasteiger charge is -2.30. The fourth-order valence-corrected chi connectivity index (χ4v) is 1.63. The van der Waals surface area contributed by atoms with Crippen molar-refractivity contribution in [1.29, 1.82) is 0 Å². The van der Waals surface area contributed by atoms with Gasteiger partial charge in [0.05, 0.1) is 7.11 Å². The summed E-state index contributed by atoms with van der Waals surface area (Å²) in [5.41, 5.74) is -0.868. The predicted octanol–water partition coefficient (Wildman–Crippen LogP) is 2.43. The molecule has 1 atom stereocenters. The van der Waals surface area contributed by atoms with Crippen LogP contribution < -0.4 is 10.1 Å². The Morgan fingerprint density at radius 3 is 2.39 bits per heavy atom. The van der Waals surface area contributed by atoms with E-state index in [9.17, 15) is 9.50 Å². The number of hydrogen-bond acceptors (Lipinski definition) is 3. The maximum Gasteiger partial charge on any atom is 0.125 e. The van der Waals surface area contributed by atoms with Crippen molar-refractivity contribution < 1.29 is 14.2 Å². The highest BCUT2D eigenvalue weighted by molar-refractivity contribution is 5.38. The van der Waals surface area contributed by atoms with Gasteiger partial charge in [-0.1, -0.05) is 0 Å². The lowest BCUT2D eigenvalue weighted by molar-refractivity contribution is 0.0474. The van der Waals surface area contributed by atoms with Crippen molar-refractivity contribution in [1.82, 2.24) is 5.32 Å². The average molecular weight is 255 g/mol. The zero-order chi connectivity index (χ0) is 14.0. The van der Waals surface area contributed by atoms with Crippen LogP contribution >= 0.6 is 0 Å². The molecule has 4 heteroatoms. The van der Waals surface area contributed by atoms with Gasteiger partial charge >= 0.3 is 0 Å². The first-order valence-electron chi connectivity index (χ1n) is 5.97. The van der Waals surface area contributed by atoms with Crippen molar-refractivity contribution in [2.45, 2.75) is 38.8 Å². The molecular weight excluding hydrogens is 233 g/mol. The number of halogens is 1. The van der Waals surface area contributed by atoms with E-state index in [0.717, 1.165) is 0 Å². The second-order valence-corrected chi connectivity index (χ2v) is 5.72. The fourth-order valence-electron chi connectivity index (χ4n) is 1.63. The van der Waals surface area contributed by atoms with Crippen molar-refractivity contribution in [2.75, 3.05) is 13.7 Å². The standard InChI is InChI=1S/C14H22FNO2/c1-13(2,3)16-9-14(4,17)11-8-10(15)6-7-12(11)18-5/h6-8,16-17H,9H2,1-5H3. The zero-order valence-electron chi connectivity index (χ0n) is 11.7. The summed E-state index contributed by atoms with van der Waals surface area (Å²) in [5, 5.41) is 13.7. The molecule has 1 rings (SSSR count). The maximum absolute atomic E-state index is 13.3. The van der Waals surface area contributed by atoms with Crippen LogP contribution in [-0.2, 0) is 5.60 Å². The molecule has 0 amide bonds. The van der Waals surface area contributed by atoms with E-state index in [4.69, 9.17) is 4.74 Å². The van der Waals surface area contributed by atoms with Crippen molar-refractivity contribution in [3.8, 4) is 5.75 Å². The summed E-state index contributed by atoms with van der Waals surface area (Å²) in [6, 6.07) is 4.15. The summed E-state index contributed by atoms with van der Waals surface area (Å²) in [4.78, 5) is 0. The molecule has 1 unspecified atom stereocenters. The average Bonchev–Trinajstić information content (AvgIpc) is 2.26. The van der Waals surface area contributed by atoms with Crippen LogP contribution in [0.3, 0.4) is 0 Å². The molecule has 0 bridgehead atoms. The van der Waals surface area contributed by atoms with E-state index < -0.39 is 5.60 Å². The molecule has 0 heterocycles. The van der Waals surface area contributed by atoms with E-state index in [2.05, 4.69) is 5.32 Å². The minimum atomic E-state index is -1.19. The fraction of sp³-hybridized carbons (Fsp3) is 0.571. The van der Waals surface area contributed by atoms with Crippen LogP contribution in [0.25, 0.3) is 0 Å². The summed E-state index contributed by atoms with van der Waals surface area (Å²) in [5.74, 6) is 0.0962. The van der Waals surface area contributed by atoms with Gasteiger partial charge in [-0.15, -0.1) is 0 Å². The Balaban J connectivity index is 2.99. The van der Waals surface area contributed by atoms with Crippen LogP contribution in [0.5, 0.6) is 5.75 Å². The van der Waals surface area contributed by atoms with Gasteiger partial charge in [-0.2, -0.15) is 0 Å². The molecule has 0 fully saturated rings. The number of benzene rings is 1. The van der Waals surface area contributed by atoms with Crippen molar-refractivity contribution in [3.63, 3.8) is 0 Å². The van der Waals surface area contributed by atoms with Crippen LogP contribution in [0, 0.1) is 5.82 Å². The van der Waals surface area contributed by atoms with Gasteiger partial charge in [0.2, 0.25) is 0 Å². The Labute approximate surface area is 108 Å². The highest BCUT2D eigenvalue weighted by Gasteiger charge is 2.28. The smallest absolute Gasteiger partial charge is 0.125 e. The molecule has 2 N–H and O–H groups in total. The van der Waals surface area contributed by atoms with E-state index in [1.807, 2.05) is 20.8 Å². The first-order chi connectivity index (χ1) is 8.15. The van der Waals surface area contributed by atoms with Gasteiger partial charge in [0, 0.05) is 17.6 Å². The predicted molar refractivity (Wildman–Crippen MR) is 70.3 cm³/mol. The highest BCUT2D eigenvalue weighted by atomic mass is 19.1. The molecular formula is C14H22FNO2. The van der Waals surface area contributed by atoms with Gasteiger partial charge in [-0.3, -0.25) is 0 Å². The lowest BCUT2D eigenvalue weighted by atomic mass is 9.93. The van der Waals surface area contributed by atoms with Crippen molar-refractivity contribution >= 4 is 0 Å². The molecule has 0 aliphatic carbocycles. The maximum atomic E-state index is 13.3. The number of rotatable bonds is 4. The van der Waals surface area contributed by atoms with Crippen LogP contribution in [0.2, 0.25) is 0 Å². The first kappa shape index (κ1) is 14.9. The minimum Gasteiger partial charge on any atom is -0.496 e. The number of ether oxygens (including phenoxy) is 1. The van der Waals surface area contributed by atoms with E-state index in [0.29, 0.717) is 17.9 Å². The van der Waals surface area contributed by atoms with Gasteiger partial charge in [0.25, 0.3) is 0 Å². The monoisotopic (exact) mass is 255 g/mol. The Kier molecular flexibility index (Phi) is 4.35. The first-order valence-corrected chi connectivity index (χ1v) is 5.97. The van der Waals surface area contributed by atoms with Crippen molar-refractivity contribution in [3.05, 3.63) is 29.6 Å². The second kappa shape index (κ2) is 5.24. The van der Waals surface area contributed by atoms with Gasteiger partial charge in [-0.05, 0) is 45.9 Å². The van der Waals surface area contributed by atoms with Gasteiger partial charge in [-0.25, -0.2) is 4.39 Å². The summed E-state index contributed by atoms with van der Waals surface area (Å²) in [6.45, 7) is 7.98. The summed E-state index contributed by atoms with van der Waals surface area (Å²) in [6.07, 6.45) is 0. The summed E-state index contributed by atoms with van der Waals surface area (Å²) >= 11 is 0. The summed E-state index contributed by atoms with van der Waals surface area (Å²) < 4.78 is 18.5. The molecule has 3 nitrogen and oxygen atoms in total. The largest absolute Gasteiger partial charge is 0.496 e. The molecule has 1 aromatic rings. The molecule has 102 valence electrons. The number of aliphatic hydroxyl groups is 1. The number of hydrogen-bond donors (Lipinski definition) is 2. The molecule has 0 saturated heterocycles. The topological polar surface area (TPSA) is 41.5 Å². The van der Waals surface area contributed by atoms with E-state index in [1.165, 1.54) is 25.3 Å². The van der Waals surface area contributed by atoms with E-state index >= 15 is 0 Å². The molecule has 1 aromatic carbocycles. The highest BCUT2D eigenvalue weighted by Crippen LogP contribution is 2.30. The second-order valence-electron chi connectivity index (χ2n) is 5.72. The van der Waals surface area contributed by atoms with E-state index in [1.54, 1.807) is 6.92 Å². The summed E-state index contributed by atoms with van der Waals surface area (Å²) in [7, 11) is 1.50. The molecule has 0 aliphatic heterocycles. The molecule has 0 saturated carbocycles. The lowest BCUT2D eigenvalue weighted by Crippen LogP contribution is -2.45. The zero-order valence-corrected chi connectivity index (χ0v) is 11.7. The van der Waals surface area contributed by atoms with Crippen LogP contribution in [0.4, 0.5) is 4.39 Å². The Morgan fingerprint density at radius 2 is 1.89 bits per heavy atom. The Bertz CT molecular complexity index is 411. The molecule has 18 heavy (non-hydrogen) atoms. The Hall–Kier alpha value is -1.13. The number of nitrogens with one attached hydrogen (secondary N) is 1. The van der Waals surface area contributed by atoms with Crippen LogP contribution in [0.15, 0.2) is 18.2 Å². The molecule has 0 spiro atoms. The normalized spacial score (nSPS) is 15.3. The number of β-amino-alcohol motifs (C(OH)–C–C–N with tert-alkyl or cyclic N) is 1. The third kappa shape index (κ3) is 3.96. The van der Waals surface area contributed by atoms with E-state index in [-0.39, 0.29) is 11.4 Å². The number of methoxy groups -OCH3 is 1.